The molecule has 0 bridgehead atoms. The molecule has 3 aromatic rings. The van der Waals surface area contributed by atoms with E-state index in [4.69, 9.17) is 4.74 Å². The molecule has 1 unspecified atom stereocenters. The molecule has 1 heterocycles. The quantitative estimate of drug-likeness (QED) is 0.685. The molecule has 0 saturated heterocycles. The van der Waals surface area contributed by atoms with Crippen LogP contribution >= 0.6 is 11.8 Å². The summed E-state index contributed by atoms with van der Waals surface area (Å²) in [5, 5.41) is 10.3. The Hall–Kier alpha value is -2.27. The number of thioether (sulfide) groups is 1. The fraction of sp³-hybridized carbons (Fsp3) is 0.300. The third kappa shape index (κ3) is 3.16. The van der Waals surface area contributed by atoms with Crippen LogP contribution in [-0.2, 0) is 13.5 Å². The molecule has 0 radical (unpaired) electrons. The van der Waals surface area contributed by atoms with Crippen LogP contribution in [0.1, 0.15) is 29.2 Å². The van der Waals surface area contributed by atoms with E-state index in [0.29, 0.717) is 5.25 Å². The van der Waals surface area contributed by atoms with E-state index in [-0.39, 0.29) is 0 Å². The summed E-state index contributed by atoms with van der Waals surface area (Å²) in [7, 11) is 3.71. The Kier molecular flexibility index (Phi) is 4.49. The molecule has 25 heavy (non-hydrogen) atoms. The zero-order chi connectivity index (χ0) is 17.2. The Morgan fingerprint density at radius 1 is 1.12 bits per heavy atom. The van der Waals surface area contributed by atoms with E-state index in [1.807, 2.05) is 43.1 Å². The van der Waals surface area contributed by atoms with E-state index < -0.39 is 0 Å². The Bertz CT molecular complexity index is 890. The summed E-state index contributed by atoms with van der Waals surface area (Å²) in [5.74, 6) is 1.70. The summed E-state index contributed by atoms with van der Waals surface area (Å²) in [6.45, 7) is 0. The van der Waals surface area contributed by atoms with Gasteiger partial charge in [0.1, 0.15) is 5.75 Å². The Balaban J connectivity index is 1.62. The van der Waals surface area contributed by atoms with Crippen LogP contribution in [0.5, 0.6) is 5.75 Å². The van der Waals surface area contributed by atoms with Crippen molar-refractivity contribution in [2.75, 3.05) is 7.11 Å². The highest BCUT2D eigenvalue weighted by Crippen LogP contribution is 2.43. The van der Waals surface area contributed by atoms with Gasteiger partial charge >= 0.3 is 0 Å². The SMILES string of the molecule is COc1cccc(-c2nnc(SC3CCCc4ccccc43)n2C)c1. The molecule has 0 fully saturated rings. The monoisotopic (exact) mass is 351 g/mol. The highest BCUT2D eigenvalue weighted by atomic mass is 32.2. The average Bonchev–Trinajstić information content (AvgIpc) is 3.02. The molecule has 1 aliphatic carbocycles. The first-order valence-corrected chi connectivity index (χ1v) is 9.42. The molecule has 0 aliphatic heterocycles. The number of methoxy groups -OCH3 is 1. The molecule has 4 nitrogen and oxygen atoms in total. The zero-order valence-electron chi connectivity index (χ0n) is 14.5. The van der Waals surface area contributed by atoms with Crippen LogP contribution in [0.3, 0.4) is 0 Å². The number of aromatic nitrogens is 3. The topological polar surface area (TPSA) is 39.9 Å². The number of fused-ring (bicyclic) bond motifs is 1. The van der Waals surface area contributed by atoms with E-state index >= 15 is 0 Å². The number of ether oxygens (including phenoxy) is 1. The molecule has 1 aliphatic rings. The predicted molar refractivity (Wildman–Crippen MR) is 101 cm³/mol. The summed E-state index contributed by atoms with van der Waals surface area (Å²) in [6, 6.07) is 16.7. The minimum Gasteiger partial charge on any atom is -0.497 e. The van der Waals surface area contributed by atoms with Gasteiger partial charge < -0.3 is 9.30 Å². The smallest absolute Gasteiger partial charge is 0.191 e. The summed E-state index contributed by atoms with van der Waals surface area (Å²) in [5.41, 5.74) is 3.94. The second-order valence-electron chi connectivity index (χ2n) is 6.29. The van der Waals surface area contributed by atoms with E-state index in [9.17, 15) is 0 Å². The molecule has 0 spiro atoms. The van der Waals surface area contributed by atoms with E-state index in [1.54, 1.807) is 7.11 Å². The van der Waals surface area contributed by atoms with Gasteiger partial charge in [0.25, 0.3) is 0 Å². The first kappa shape index (κ1) is 16.2. The van der Waals surface area contributed by atoms with Gasteiger partial charge in [0.15, 0.2) is 11.0 Å². The van der Waals surface area contributed by atoms with E-state index in [0.717, 1.165) is 22.3 Å². The zero-order valence-corrected chi connectivity index (χ0v) is 15.3. The van der Waals surface area contributed by atoms with Crippen LogP contribution in [0.2, 0.25) is 0 Å². The molecule has 1 atom stereocenters. The number of nitrogens with zero attached hydrogens (tertiary/aromatic N) is 3. The van der Waals surface area contributed by atoms with Crippen molar-refractivity contribution in [3.63, 3.8) is 0 Å². The molecule has 0 N–H and O–H groups in total. The van der Waals surface area contributed by atoms with Gasteiger partial charge in [0, 0.05) is 17.9 Å². The van der Waals surface area contributed by atoms with Crippen LogP contribution < -0.4 is 4.74 Å². The van der Waals surface area contributed by atoms with Crippen LogP contribution in [-0.4, -0.2) is 21.9 Å². The van der Waals surface area contributed by atoms with Gasteiger partial charge in [-0.25, -0.2) is 0 Å². The summed E-state index contributed by atoms with van der Waals surface area (Å²) < 4.78 is 7.40. The lowest BCUT2D eigenvalue weighted by atomic mass is 9.91. The van der Waals surface area contributed by atoms with Crippen molar-refractivity contribution in [2.24, 2.45) is 7.05 Å². The lowest BCUT2D eigenvalue weighted by Gasteiger charge is -2.24. The van der Waals surface area contributed by atoms with Crippen molar-refractivity contribution in [1.82, 2.24) is 14.8 Å². The first-order chi connectivity index (χ1) is 12.3. The molecule has 128 valence electrons. The van der Waals surface area contributed by atoms with Crippen molar-refractivity contribution in [1.29, 1.82) is 0 Å². The standard InChI is InChI=1S/C20H21N3OS/c1-23-19(15-9-5-10-16(13-15)24-2)21-22-20(23)25-18-12-6-8-14-7-3-4-11-17(14)18/h3-5,7,9-11,13,18H,6,8,12H2,1-2H3. The molecule has 1 aromatic heterocycles. The maximum Gasteiger partial charge on any atom is 0.191 e. The molecule has 4 rings (SSSR count). The molecule has 2 aromatic carbocycles. The number of benzene rings is 2. The van der Waals surface area contributed by atoms with Crippen LogP contribution in [0, 0.1) is 0 Å². The highest BCUT2D eigenvalue weighted by molar-refractivity contribution is 7.99. The van der Waals surface area contributed by atoms with Crippen molar-refractivity contribution in [3.8, 4) is 17.1 Å². The minimum absolute atomic E-state index is 0.450. The fourth-order valence-electron chi connectivity index (χ4n) is 3.39. The molecule has 5 heteroatoms. The summed E-state index contributed by atoms with van der Waals surface area (Å²) in [4.78, 5) is 0. The molecule has 0 saturated carbocycles. The molecular formula is C20H21N3OS. The summed E-state index contributed by atoms with van der Waals surface area (Å²) >= 11 is 1.82. The van der Waals surface area contributed by atoms with Gasteiger partial charge in [0.2, 0.25) is 0 Å². The van der Waals surface area contributed by atoms with Gasteiger partial charge in [-0.1, -0.05) is 48.2 Å². The van der Waals surface area contributed by atoms with Gasteiger partial charge in [-0.05, 0) is 42.5 Å². The van der Waals surface area contributed by atoms with Crippen molar-refractivity contribution < 1.29 is 4.74 Å². The Morgan fingerprint density at radius 3 is 2.88 bits per heavy atom. The second-order valence-corrected chi connectivity index (χ2v) is 7.46. The predicted octanol–water partition coefficient (Wildman–Crippen LogP) is 4.66. The Labute approximate surface area is 152 Å². The molecule has 0 amide bonds. The number of rotatable bonds is 4. The van der Waals surface area contributed by atoms with Crippen LogP contribution in [0.25, 0.3) is 11.4 Å². The van der Waals surface area contributed by atoms with Crippen molar-refractivity contribution in [3.05, 3.63) is 59.7 Å². The third-order valence-corrected chi connectivity index (χ3v) is 6.07. The Morgan fingerprint density at radius 2 is 2.00 bits per heavy atom. The number of hydrogen-bond acceptors (Lipinski definition) is 4. The van der Waals surface area contributed by atoms with Crippen LogP contribution in [0.4, 0.5) is 0 Å². The fourth-order valence-corrected chi connectivity index (χ4v) is 4.62. The summed E-state index contributed by atoms with van der Waals surface area (Å²) in [6.07, 6.45) is 3.60. The van der Waals surface area contributed by atoms with E-state index in [2.05, 4.69) is 39.0 Å². The van der Waals surface area contributed by atoms with Gasteiger partial charge in [-0.3, -0.25) is 0 Å². The first-order valence-electron chi connectivity index (χ1n) is 8.54. The lowest BCUT2D eigenvalue weighted by Crippen LogP contribution is -2.07. The lowest BCUT2D eigenvalue weighted by molar-refractivity contribution is 0.415. The van der Waals surface area contributed by atoms with Crippen molar-refractivity contribution in [2.45, 2.75) is 29.7 Å². The normalized spacial score (nSPS) is 16.5. The maximum absolute atomic E-state index is 5.32. The number of aryl methyl sites for hydroxylation is 1. The number of hydrogen-bond donors (Lipinski definition) is 0. The van der Waals surface area contributed by atoms with Gasteiger partial charge in [-0.15, -0.1) is 10.2 Å². The van der Waals surface area contributed by atoms with E-state index in [1.165, 1.54) is 30.4 Å². The van der Waals surface area contributed by atoms with Gasteiger partial charge in [-0.2, -0.15) is 0 Å². The maximum atomic E-state index is 5.32. The molecular weight excluding hydrogens is 330 g/mol. The average molecular weight is 351 g/mol. The van der Waals surface area contributed by atoms with Crippen molar-refractivity contribution >= 4 is 11.8 Å². The van der Waals surface area contributed by atoms with Gasteiger partial charge in [0.05, 0.1) is 7.11 Å². The highest BCUT2D eigenvalue weighted by Gasteiger charge is 2.23. The largest absolute Gasteiger partial charge is 0.497 e. The minimum atomic E-state index is 0.450. The van der Waals surface area contributed by atoms with Crippen LogP contribution in [0.15, 0.2) is 53.7 Å². The second kappa shape index (κ2) is 6.92. The third-order valence-electron chi connectivity index (χ3n) is 4.72.